The van der Waals surface area contributed by atoms with Crippen LogP contribution >= 0.6 is 0 Å². The molecule has 4 nitrogen and oxygen atoms in total. The fourth-order valence-corrected chi connectivity index (χ4v) is 2.43. The van der Waals surface area contributed by atoms with E-state index in [4.69, 9.17) is 4.74 Å². The molecular formula is C18H16N2O2. The maximum Gasteiger partial charge on any atom is 0.228 e. The van der Waals surface area contributed by atoms with E-state index in [1.165, 1.54) is 0 Å². The number of nitrogens with zero attached hydrogens (tertiary/aromatic N) is 2. The first-order valence-electron chi connectivity index (χ1n) is 6.99. The normalized spacial score (nSPS) is 10.6. The third-order valence-corrected chi connectivity index (χ3v) is 3.52. The van der Waals surface area contributed by atoms with Crippen molar-refractivity contribution in [2.24, 2.45) is 0 Å². The average Bonchev–Trinajstić information content (AvgIpc) is 2.93. The summed E-state index contributed by atoms with van der Waals surface area (Å²) in [6.45, 7) is 4.30. The number of allylic oxidation sites excluding steroid dienone is 1. The van der Waals surface area contributed by atoms with Gasteiger partial charge in [0.1, 0.15) is 5.75 Å². The van der Waals surface area contributed by atoms with E-state index in [0.29, 0.717) is 17.9 Å². The second-order valence-electron chi connectivity index (χ2n) is 4.88. The van der Waals surface area contributed by atoms with Crippen molar-refractivity contribution in [2.75, 3.05) is 7.11 Å². The number of carbonyl (C=O) groups is 1. The number of para-hydroxylation sites is 2. The van der Waals surface area contributed by atoms with E-state index in [-0.39, 0.29) is 5.78 Å². The molecule has 0 unspecified atom stereocenters. The Morgan fingerprint density at radius 2 is 1.95 bits per heavy atom. The van der Waals surface area contributed by atoms with Gasteiger partial charge in [0.25, 0.3) is 0 Å². The quantitative estimate of drug-likeness (QED) is 0.534. The Kier molecular flexibility index (Phi) is 3.74. The van der Waals surface area contributed by atoms with Crippen LogP contribution in [-0.4, -0.2) is 22.4 Å². The topological polar surface area (TPSA) is 44.1 Å². The van der Waals surface area contributed by atoms with Crippen LogP contribution in [-0.2, 0) is 6.54 Å². The zero-order valence-corrected chi connectivity index (χ0v) is 12.3. The van der Waals surface area contributed by atoms with E-state index < -0.39 is 0 Å². The molecule has 3 rings (SSSR count). The van der Waals surface area contributed by atoms with Crippen molar-refractivity contribution in [3.8, 4) is 5.75 Å². The van der Waals surface area contributed by atoms with E-state index in [2.05, 4.69) is 11.6 Å². The molecule has 22 heavy (non-hydrogen) atoms. The molecule has 0 aliphatic rings. The predicted octanol–water partition coefficient (Wildman–Crippen LogP) is 3.46. The van der Waals surface area contributed by atoms with Crippen LogP contribution in [0.1, 0.15) is 16.2 Å². The zero-order chi connectivity index (χ0) is 15.5. The smallest absolute Gasteiger partial charge is 0.228 e. The third kappa shape index (κ3) is 2.39. The molecule has 3 aromatic rings. The van der Waals surface area contributed by atoms with Crippen molar-refractivity contribution in [3.63, 3.8) is 0 Å². The fourth-order valence-electron chi connectivity index (χ4n) is 2.43. The van der Waals surface area contributed by atoms with Crippen LogP contribution in [0.2, 0.25) is 0 Å². The summed E-state index contributed by atoms with van der Waals surface area (Å²) in [6, 6.07) is 14.7. The first kappa shape index (κ1) is 14.1. The molecule has 0 saturated carbocycles. The van der Waals surface area contributed by atoms with Gasteiger partial charge in [0.2, 0.25) is 5.78 Å². The number of hydrogen-bond donors (Lipinski definition) is 0. The number of fused-ring (bicyclic) bond motifs is 1. The van der Waals surface area contributed by atoms with E-state index in [9.17, 15) is 4.79 Å². The highest BCUT2D eigenvalue weighted by Crippen LogP contribution is 2.20. The summed E-state index contributed by atoms with van der Waals surface area (Å²) in [5, 5.41) is 0. The Hall–Kier alpha value is -2.88. The van der Waals surface area contributed by atoms with E-state index in [0.717, 1.165) is 16.8 Å². The lowest BCUT2D eigenvalue weighted by molar-refractivity contribution is 0.102. The monoisotopic (exact) mass is 292 g/mol. The highest BCUT2D eigenvalue weighted by molar-refractivity contribution is 6.08. The van der Waals surface area contributed by atoms with Crippen molar-refractivity contribution in [3.05, 3.63) is 72.6 Å². The number of aromatic nitrogens is 2. The molecule has 0 saturated heterocycles. The molecule has 110 valence electrons. The SMILES string of the molecule is C=CCn1c(C(=O)c2ccc(OC)cc2)nc2ccccc21. The fraction of sp³-hybridized carbons (Fsp3) is 0.111. The van der Waals surface area contributed by atoms with Crippen molar-refractivity contribution >= 4 is 16.8 Å². The lowest BCUT2D eigenvalue weighted by Crippen LogP contribution is -2.11. The molecule has 4 heteroatoms. The van der Waals surface area contributed by atoms with Gasteiger partial charge in [0.15, 0.2) is 5.82 Å². The summed E-state index contributed by atoms with van der Waals surface area (Å²) in [4.78, 5) is 17.2. The molecule has 0 aliphatic carbocycles. The van der Waals surface area contributed by atoms with E-state index >= 15 is 0 Å². The van der Waals surface area contributed by atoms with Crippen LogP contribution in [0.15, 0.2) is 61.2 Å². The zero-order valence-electron chi connectivity index (χ0n) is 12.3. The molecule has 0 spiro atoms. The Morgan fingerprint density at radius 3 is 2.64 bits per heavy atom. The first-order chi connectivity index (χ1) is 10.7. The van der Waals surface area contributed by atoms with Gasteiger partial charge in [-0.25, -0.2) is 4.98 Å². The highest BCUT2D eigenvalue weighted by atomic mass is 16.5. The molecule has 0 fully saturated rings. The van der Waals surface area contributed by atoms with Crippen LogP contribution in [0.3, 0.4) is 0 Å². The first-order valence-corrected chi connectivity index (χ1v) is 6.99. The molecule has 0 N–H and O–H groups in total. The van der Waals surface area contributed by atoms with Gasteiger partial charge in [-0.1, -0.05) is 18.2 Å². The maximum absolute atomic E-state index is 12.8. The summed E-state index contributed by atoms with van der Waals surface area (Å²) in [6.07, 6.45) is 1.76. The Labute approximate surface area is 128 Å². The number of hydrogen-bond acceptors (Lipinski definition) is 3. The van der Waals surface area contributed by atoms with Crippen LogP contribution in [0, 0.1) is 0 Å². The van der Waals surface area contributed by atoms with Crippen LogP contribution < -0.4 is 4.74 Å². The van der Waals surface area contributed by atoms with E-state index in [1.54, 1.807) is 37.5 Å². The summed E-state index contributed by atoms with van der Waals surface area (Å²) in [5.41, 5.74) is 2.32. The van der Waals surface area contributed by atoms with Gasteiger partial charge in [-0.15, -0.1) is 6.58 Å². The maximum atomic E-state index is 12.8. The molecule has 1 heterocycles. The Morgan fingerprint density at radius 1 is 1.23 bits per heavy atom. The second-order valence-corrected chi connectivity index (χ2v) is 4.88. The largest absolute Gasteiger partial charge is 0.497 e. The predicted molar refractivity (Wildman–Crippen MR) is 86.4 cm³/mol. The van der Waals surface area contributed by atoms with Gasteiger partial charge in [-0.05, 0) is 36.4 Å². The molecule has 0 aliphatic heterocycles. The minimum Gasteiger partial charge on any atom is -0.497 e. The second kappa shape index (κ2) is 5.85. The number of rotatable bonds is 5. The molecule has 0 bridgehead atoms. The van der Waals surface area contributed by atoms with Crippen LogP contribution in [0.4, 0.5) is 0 Å². The van der Waals surface area contributed by atoms with Crippen LogP contribution in [0.5, 0.6) is 5.75 Å². The lowest BCUT2D eigenvalue weighted by atomic mass is 10.1. The summed E-state index contributed by atoms with van der Waals surface area (Å²) in [5.74, 6) is 1.03. The number of carbonyl (C=O) groups excluding carboxylic acids is 1. The highest BCUT2D eigenvalue weighted by Gasteiger charge is 2.18. The van der Waals surface area contributed by atoms with Crippen molar-refractivity contribution in [1.29, 1.82) is 0 Å². The Bertz CT molecular complexity index is 832. The number of imidazole rings is 1. The molecular weight excluding hydrogens is 276 g/mol. The number of ketones is 1. The molecule has 0 radical (unpaired) electrons. The van der Waals surface area contributed by atoms with Gasteiger partial charge in [0, 0.05) is 12.1 Å². The van der Waals surface area contributed by atoms with Gasteiger partial charge < -0.3 is 9.30 Å². The van der Waals surface area contributed by atoms with Gasteiger partial charge in [-0.3, -0.25) is 4.79 Å². The molecule has 1 aromatic heterocycles. The van der Waals surface area contributed by atoms with Crippen molar-refractivity contribution in [1.82, 2.24) is 9.55 Å². The Balaban J connectivity index is 2.09. The average molecular weight is 292 g/mol. The molecule has 0 atom stereocenters. The van der Waals surface area contributed by atoms with Gasteiger partial charge in [-0.2, -0.15) is 0 Å². The van der Waals surface area contributed by atoms with Gasteiger partial charge in [0.05, 0.1) is 18.1 Å². The third-order valence-electron chi connectivity index (χ3n) is 3.52. The lowest BCUT2D eigenvalue weighted by Gasteiger charge is -2.06. The number of methoxy groups -OCH3 is 1. The van der Waals surface area contributed by atoms with E-state index in [1.807, 2.05) is 28.8 Å². The van der Waals surface area contributed by atoms with Crippen LogP contribution in [0.25, 0.3) is 11.0 Å². The van der Waals surface area contributed by atoms with Crippen molar-refractivity contribution in [2.45, 2.75) is 6.54 Å². The molecule has 2 aromatic carbocycles. The summed E-state index contributed by atoms with van der Waals surface area (Å²) < 4.78 is 7.00. The molecule has 0 amide bonds. The standard InChI is InChI=1S/C18H16N2O2/c1-3-12-20-16-7-5-4-6-15(16)19-18(20)17(21)13-8-10-14(22-2)11-9-13/h3-11H,1,12H2,2H3. The minimum absolute atomic E-state index is 0.110. The minimum atomic E-state index is -0.110. The van der Waals surface area contributed by atoms with Crippen molar-refractivity contribution < 1.29 is 9.53 Å². The number of benzene rings is 2. The van der Waals surface area contributed by atoms with Gasteiger partial charge >= 0.3 is 0 Å². The summed E-state index contributed by atoms with van der Waals surface area (Å²) in [7, 11) is 1.60. The summed E-state index contributed by atoms with van der Waals surface area (Å²) >= 11 is 0. The number of ether oxygens (including phenoxy) is 1.